The highest BCUT2D eigenvalue weighted by atomic mass is 32.1. The van der Waals surface area contributed by atoms with Gasteiger partial charge in [-0.05, 0) is 49.1 Å². The van der Waals surface area contributed by atoms with Gasteiger partial charge in [0.05, 0.1) is 16.8 Å². The molecule has 0 fully saturated rings. The molecule has 4 heteroatoms. The van der Waals surface area contributed by atoms with Crippen molar-refractivity contribution < 1.29 is 0 Å². The number of thiazole rings is 1. The van der Waals surface area contributed by atoms with Gasteiger partial charge >= 0.3 is 0 Å². The lowest BCUT2D eigenvalue weighted by Crippen LogP contribution is -1.90. The van der Waals surface area contributed by atoms with Gasteiger partial charge in [-0.25, -0.2) is 4.98 Å². The number of benzene rings is 3. The molecule has 0 aliphatic carbocycles. The number of aromatic nitrogens is 1. The second-order valence-electron chi connectivity index (χ2n) is 7.14. The molecule has 0 unspecified atom stereocenters. The maximum absolute atomic E-state index is 4.87. The van der Waals surface area contributed by atoms with Crippen LogP contribution in [0.1, 0.15) is 22.3 Å². The van der Waals surface area contributed by atoms with Crippen LogP contribution in [0, 0.1) is 20.8 Å². The van der Waals surface area contributed by atoms with Crippen LogP contribution in [0.3, 0.4) is 0 Å². The maximum atomic E-state index is 4.87. The standard InChI is InChI=1S/C25H23N3S/c1-17-9-12-20(13-10-17)16-26-28-25-27-23(22-14-11-18(2)19(3)15-22)24(29-25)21-7-5-4-6-8-21/h4-16H,1-3H3,(H,27,28)/b26-16-. The van der Waals surface area contributed by atoms with Crippen molar-refractivity contribution in [2.75, 3.05) is 5.43 Å². The third kappa shape index (κ3) is 4.44. The third-order valence-corrected chi connectivity index (χ3v) is 5.90. The van der Waals surface area contributed by atoms with Crippen molar-refractivity contribution in [2.45, 2.75) is 20.8 Å². The number of nitrogens with zero attached hydrogens (tertiary/aromatic N) is 2. The molecule has 29 heavy (non-hydrogen) atoms. The van der Waals surface area contributed by atoms with Crippen molar-refractivity contribution in [2.24, 2.45) is 5.10 Å². The van der Waals surface area contributed by atoms with E-state index in [1.807, 2.05) is 12.3 Å². The summed E-state index contributed by atoms with van der Waals surface area (Å²) in [6.07, 6.45) is 1.82. The predicted octanol–water partition coefficient (Wildman–Crippen LogP) is 6.85. The Balaban J connectivity index is 1.67. The van der Waals surface area contributed by atoms with E-state index in [1.165, 1.54) is 16.7 Å². The summed E-state index contributed by atoms with van der Waals surface area (Å²) in [5, 5.41) is 5.17. The number of hydrogen-bond donors (Lipinski definition) is 1. The first kappa shape index (κ1) is 19.1. The van der Waals surface area contributed by atoms with E-state index in [9.17, 15) is 0 Å². The van der Waals surface area contributed by atoms with Crippen LogP contribution in [0.25, 0.3) is 21.7 Å². The Hall–Kier alpha value is -3.24. The van der Waals surface area contributed by atoms with E-state index in [4.69, 9.17) is 4.98 Å². The van der Waals surface area contributed by atoms with Gasteiger partial charge in [0.1, 0.15) is 0 Å². The first-order valence-corrected chi connectivity index (χ1v) is 10.4. The van der Waals surface area contributed by atoms with Crippen LogP contribution in [0.5, 0.6) is 0 Å². The van der Waals surface area contributed by atoms with Crippen molar-refractivity contribution in [3.63, 3.8) is 0 Å². The van der Waals surface area contributed by atoms with E-state index in [-0.39, 0.29) is 0 Å². The number of hydrazone groups is 1. The Bertz CT molecular complexity index is 1140. The topological polar surface area (TPSA) is 37.3 Å². The molecule has 0 aliphatic heterocycles. The molecule has 4 rings (SSSR count). The van der Waals surface area contributed by atoms with Crippen LogP contribution in [0.2, 0.25) is 0 Å². The van der Waals surface area contributed by atoms with Gasteiger partial charge in [-0.3, -0.25) is 5.43 Å². The van der Waals surface area contributed by atoms with E-state index in [0.29, 0.717) is 0 Å². The van der Waals surface area contributed by atoms with Gasteiger partial charge < -0.3 is 0 Å². The Labute approximate surface area is 175 Å². The van der Waals surface area contributed by atoms with Crippen molar-refractivity contribution in [1.82, 2.24) is 4.98 Å². The molecule has 0 atom stereocenters. The highest BCUT2D eigenvalue weighted by molar-refractivity contribution is 7.19. The molecule has 3 aromatic carbocycles. The molecule has 0 amide bonds. The summed E-state index contributed by atoms with van der Waals surface area (Å²) < 4.78 is 0. The van der Waals surface area contributed by atoms with Crippen LogP contribution in [-0.4, -0.2) is 11.2 Å². The second kappa shape index (κ2) is 8.41. The molecule has 0 aliphatic rings. The largest absolute Gasteiger partial charge is 0.253 e. The molecule has 0 radical (unpaired) electrons. The zero-order valence-electron chi connectivity index (χ0n) is 16.8. The fraction of sp³-hybridized carbons (Fsp3) is 0.120. The Kier molecular flexibility index (Phi) is 5.54. The molecule has 4 aromatic rings. The summed E-state index contributed by atoms with van der Waals surface area (Å²) in [4.78, 5) is 6.01. The van der Waals surface area contributed by atoms with Crippen LogP contribution >= 0.6 is 11.3 Å². The molecule has 3 nitrogen and oxygen atoms in total. The fourth-order valence-corrected chi connectivity index (χ4v) is 3.99. The average molecular weight is 398 g/mol. The summed E-state index contributed by atoms with van der Waals surface area (Å²) >= 11 is 1.62. The lowest BCUT2D eigenvalue weighted by molar-refractivity contribution is 1.28. The smallest absolute Gasteiger partial charge is 0.204 e. The summed E-state index contributed by atoms with van der Waals surface area (Å²) in [5.74, 6) is 0. The van der Waals surface area contributed by atoms with Gasteiger partial charge in [0.15, 0.2) is 0 Å². The molecule has 1 aromatic heterocycles. The highest BCUT2D eigenvalue weighted by Crippen LogP contribution is 2.39. The average Bonchev–Trinajstić information content (AvgIpc) is 3.16. The maximum Gasteiger partial charge on any atom is 0.204 e. The summed E-state index contributed by atoms with van der Waals surface area (Å²) in [6.45, 7) is 6.34. The normalized spacial score (nSPS) is 11.1. The van der Waals surface area contributed by atoms with Crippen molar-refractivity contribution in [3.8, 4) is 21.7 Å². The van der Waals surface area contributed by atoms with E-state index in [1.54, 1.807) is 11.3 Å². The van der Waals surface area contributed by atoms with Gasteiger partial charge in [0.25, 0.3) is 0 Å². The van der Waals surface area contributed by atoms with Crippen LogP contribution in [0.15, 0.2) is 77.9 Å². The SMILES string of the molecule is Cc1ccc(/C=N\Nc2nc(-c3ccc(C)c(C)c3)c(-c3ccccc3)s2)cc1. The van der Waals surface area contributed by atoms with Gasteiger partial charge in [0.2, 0.25) is 5.13 Å². The highest BCUT2D eigenvalue weighted by Gasteiger charge is 2.15. The van der Waals surface area contributed by atoms with E-state index in [0.717, 1.165) is 32.4 Å². The summed E-state index contributed by atoms with van der Waals surface area (Å²) in [5.41, 5.74) is 11.2. The molecular formula is C25H23N3S. The third-order valence-electron chi connectivity index (χ3n) is 4.89. The number of anilines is 1. The molecule has 1 heterocycles. The second-order valence-corrected chi connectivity index (χ2v) is 8.14. The van der Waals surface area contributed by atoms with Gasteiger partial charge in [0, 0.05) is 5.56 Å². The Morgan fingerprint density at radius 1 is 0.828 bits per heavy atom. The van der Waals surface area contributed by atoms with Gasteiger partial charge in [-0.2, -0.15) is 5.10 Å². The monoisotopic (exact) mass is 397 g/mol. The Morgan fingerprint density at radius 3 is 2.31 bits per heavy atom. The number of aryl methyl sites for hydroxylation is 3. The fourth-order valence-electron chi connectivity index (χ4n) is 3.05. The first-order chi connectivity index (χ1) is 14.1. The van der Waals surface area contributed by atoms with Crippen molar-refractivity contribution in [3.05, 3.63) is 95.1 Å². The minimum Gasteiger partial charge on any atom is -0.253 e. The first-order valence-electron chi connectivity index (χ1n) is 9.60. The zero-order valence-corrected chi connectivity index (χ0v) is 17.6. The van der Waals surface area contributed by atoms with Crippen LogP contribution in [-0.2, 0) is 0 Å². The summed E-state index contributed by atoms with van der Waals surface area (Å²) in [6, 6.07) is 25.2. The number of nitrogens with one attached hydrogen (secondary N) is 1. The molecule has 0 saturated heterocycles. The molecule has 0 saturated carbocycles. The van der Waals surface area contributed by atoms with Crippen molar-refractivity contribution >= 4 is 22.7 Å². The molecular weight excluding hydrogens is 374 g/mol. The Morgan fingerprint density at radius 2 is 1.59 bits per heavy atom. The minimum atomic E-state index is 0.778. The molecule has 144 valence electrons. The van der Waals surface area contributed by atoms with E-state index >= 15 is 0 Å². The number of hydrogen-bond acceptors (Lipinski definition) is 4. The minimum absolute atomic E-state index is 0.778. The number of rotatable bonds is 5. The van der Waals surface area contributed by atoms with Crippen LogP contribution in [0.4, 0.5) is 5.13 Å². The summed E-state index contributed by atoms with van der Waals surface area (Å²) in [7, 11) is 0. The van der Waals surface area contributed by atoms with Crippen LogP contribution < -0.4 is 5.43 Å². The molecule has 1 N–H and O–H groups in total. The van der Waals surface area contributed by atoms with Crippen molar-refractivity contribution in [1.29, 1.82) is 0 Å². The zero-order chi connectivity index (χ0) is 20.2. The lowest BCUT2D eigenvalue weighted by atomic mass is 10.0. The van der Waals surface area contributed by atoms with E-state index in [2.05, 4.69) is 98.0 Å². The van der Waals surface area contributed by atoms with Gasteiger partial charge in [-0.1, -0.05) is 83.6 Å². The molecule has 0 bridgehead atoms. The lowest BCUT2D eigenvalue weighted by Gasteiger charge is -2.05. The van der Waals surface area contributed by atoms with E-state index < -0.39 is 0 Å². The predicted molar refractivity (Wildman–Crippen MR) is 125 cm³/mol. The van der Waals surface area contributed by atoms with Gasteiger partial charge in [-0.15, -0.1) is 0 Å². The molecule has 0 spiro atoms. The quantitative estimate of drug-likeness (QED) is 0.295.